The number of rotatable bonds is 6. The standard InChI is InChI=1S/C18H19BrClFN2O3S/c1-4-23(11-12-9-13(19)5-8-17(12)21)18(24)15-10-14(6-7-16(15)20)27(25,26)22(2)3/h5-10H,4,11H2,1-3H3. The zero-order valence-electron chi connectivity index (χ0n) is 15.0. The van der Waals surface area contributed by atoms with Crippen molar-refractivity contribution in [2.75, 3.05) is 20.6 Å². The monoisotopic (exact) mass is 476 g/mol. The van der Waals surface area contributed by atoms with Gasteiger partial charge in [0.1, 0.15) is 5.82 Å². The molecule has 0 unspecified atom stereocenters. The maximum atomic E-state index is 14.1. The van der Waals surface area contributed by atoms with Crippen LogP contribution in [0.1, 0.15) is 22.8 Å². The van der Waals surface area contributed by atoms with E-state index in [-0.39, 0.29) is 22.0 Å². The predicted octanol–water partition coefficient (Wildman–Crippen LogP) is 4.15. The number of amides is 1. The lowest BCUT2D eigenvalue weighted by molar-refractivity contribution is 0.0751. The van der Waals surface area contributed by atoms with Gasteiger partial charge in [0.15, 0.2) is 0 Å². The number of sulfonamides is 1. The van der Waals surface area contributed by atoms with E-state index in [0.29, 0.717) is 16.6 Å². The highest BCUT2D eigenvalue weighted by atomic mass is 79.9. The maximum Gasteiger partial charge on any atom is 0.255 e. The third-order valence-corrected chi connectivity index (χ3v) is 6.62. The summed E-state index contributed by atoms with van der Waals surface area (Å²) in [4.78, 5) is 14.3. The van der Waals surface area contributed by atoms with Crippen molar-refractivity contribution in [3.8, 4) is 0 Å². The van der Waals surface area contributed by atoms with Crippen LogP contribution >= 0.6 is 27.5 Å². The Morgan fingerprint density at radius 2 is 1.85 bits per heavy atom. The molecule has 0 bridgehead atoms. The van der Waals surface area contributed by atoms with Crippen LogP contribution in [0.3, 0.4) is 0 Å². The number of benzene rings is 2. The van der Waals surface area contributed by atoms with Crippen LogP contribution in [0.5, 0.6) is 0 Å². The smallest absolute Gasteiger partial charge is 0.255 e. The van der Waals surface area contributed by atoms with Crippen molar-refractivity contribution >= 4 is 43.5 Å². The summed E-state index contributed by atoms with van der Waals surface area (Å²) in [7, 11) is -0.910. The lowest BCUT2D eigenvalue weighted by Crippen LogP contribution is -2.31. The number of carbonyl (C=O) groups excluding carboxylic acids is 1. The quantitative estimate of drug-likeness (QED) is 0.628. The lowest BCUT2D eigenvalue weighted by Gasteiger charge is -2.22. The maximum absolute atomic E-state index is 14.1. The number of carbonyl (C=O) groups is 1. The van der Waals surface area contributed by atoms with Gasteiger partial charge in [-0.05, 0) is 43.3 Å². The summed E-state index contributed by atoms with van der Waals surface area (Å²) in [6.07, 6.45) is 0. The first-order chi connectivity index (χ1) is 12.6. The molecule has 146 valence electrons. The van der Waals surface area contributed by atoms with Crippen molar-refractivity contribution in [3.05, 3.63) is 62.8 Å². The van der Waals surface area contributed by atoms with Crippen LogP contribution in [0, 0.1) is 5.82 Å². The van der Waals surface area contributed by atoms with Gasteiger partial charge in [-0.2, -0.15) is 0 Å². The van der Waals surface area contributed by atoms with Crippen molar-refractivity contribution in [1.82, 2.24) is 9.21 Å². The van der Waals surface area contributed by atoms with Crippen LogP contribution in [0.15, 0.2) is 45.8 Å². The summed E-state index contributed by atoms with van der Waals surface area (Å²) in [6.45, 7) is 2.08. The van der Waals surface area contributed by atoms with Crippen LogP contribution in [0.4, 0.5) is 4.39 Å². The molecule has 0 aliphatic rings. The van der Waals surface area contributed by atoms with Gasteiger partial charge in [0.05, 0.1) is 15.5 Å². The molecule has 0 fully saturated rings. The molecule has 5 nitrogen and oxygen atoms in total. The van der Waals surface area contributed by atoms with Crippen LogP contribution < -0.4 is 0 Å². The molecule has 0 aromatic heterocycles. The zero-order valence-corrected chi connectivity index (χ0v) is 18.2. The van der Waals surface area contributed by atoms with Gasteiger partial charge < -0.3 is 4.90 Å². The summed E-state index contributed by atoms with van der Waals surface area (Å²) >= 11 is 9.43. The van der Waals surface area contributed by atoms with Crippen molar-refractivity contribution < 1.29 is 17.6 Å². The molecule has 2 aromatic carbocycles. The molecule has 9 heteroatoms. The first-order valence-corrected chi connectivity index (χ1v) is 10.6. The number of hydrogen-bond acceptors (Lipinski definition) is 3. The van der Waals surface area contributed by atoms with Gasteiger partial charge in [0, 0.05) is 37.2 Å². The highest BCUT2D eigenvalue weighted by Gasteiger charge is 2.23. The van der Waals surface area contributed by atoms with Gasteiger partial charge >= 0.3 is 0 Å². The summed E-state index contributed by atoms with van der Waals surface area (Å²) < 4.78 is 40.5. The molecule has 1 amide bonds. The summed E-state index contributed by atoms with van der Waals surface area (Å²) in [5.74, 6) is -0.905. The van der Waals surface area contributed by atoms with E-state index in [1.165, 1.54) is 43.3 Å². The van der Waals surface area contributed by atoms with E-state index < -0.39 is 21.7 Å². The van der Waals surface area contributed by atoms with E-state index in [2.05, 4.69) is 15.9 Å². The average molecular weight is 478 g/mol. The lowest BCUT2D eigenvalue weighted by atomic mass is 10.1. The zero-order chi connectivity index (χ0) is 20.4. The second kappa shape index (κ2) is 8.68. The van der Waals surface area contributed by atoms with E-state index in [9.17, 15) is 17.6 Å². The molecule has 0 N–H and O–H groups in total. The molecule has 0 saturated heterocycles. The molecule has 0 spiro atoms. The van der Waals surface area contributed by atoms with Crippen LogP contribution in [-0.4, -0.2) is 44.2 Å². The van der Waals surface area contributed by atoms with Crippen LogP contribution in [0.2, 0.25) is 5.02 Å². The first-order valence-electron chi connectivity index (χ1n) is 8.03. The first kappa shape index (κ1) is 21.8. The summed E-state index contributed by atoms with van der Waals surface area (Å²) in [5, 5.41) is 0.130. The van der Waals surface area contributed by atoms with Crippen LogP contribution in [-0.2, 0) is 16.6 Å². The summed E-state index contributed by atoms with van der Waals surface area (Å²) in [6, 6.07) is 8.45. The number of hydrogen-bond donors (Lipinski definition) is 0. The van der Waals surface area contributed by atoms with E-state index in [1.807, 2.05) is 0 Å². The minimum atomic E-state index is -3.72. The fourth-order valence-corrected chi connectivity index (χ4v) is 3.94. The molecule has 0 heterocycles. The highest BCUT2D eigenvalue weighted by Crippen LogP contribution is 2.25. The van der Waals surface area contributed by atoms with E-state index in [4.69, 9.17) is 11.6 Å². The Morgan fingerprint density at radius 3 is 2.44 bits per heavy atom. The van der Waals surface area contributed by atoms with Crippen molar-refractivity contribution in [2.45, 2.75) is 18.4 Å². The minimum absolute atomic E-state index is 0.0294. The molecular weight excluding hydrogens is 459 g/mol. The number of halogens is 3. The van der Waals surface area contributed by atoms with Gasteiger partial charge in [-0.3, -0.25) is 4.79 Å². The SMILES string of the molecule is CCN(Cc1cc(Br)ccc1F)C(=O)c1cc(S(=O)(=O)N(C)C)ccc1Cl. The van der Waals surface area contributed by atoms with Gasteiger partial charge in [0.25, 0.3) is 5.91 Å². The third-order valence-electron chi connectivity index (χ3n) is 3.98. The normalized spacial score (nSPS) is 11.7. The Kier molecular flexibility index (Phi) is 7.02. The molecule has 27 heavy (non-hydrogen) atoms. The van der Waals surface area contributed by atoms with Gasteiger partial charge in [-0.25, -0.2) is 17.1 Å². The van der Waals surface area contributed by atoms with Crippen molar-refractivity contribution in [3.63, 3.8) is 0 Å². The molecule has 2 aromatic rings. The predicted molar refractivity (Wildman–Crippen MR) is 107 cm³/mol. The number of nitrogens with zero attached hydrogens (tertiary/aromatic N) is 2. The second-order valence-electron chi connectivity index (χ2n) is 5.98. The highest BCUT2D eigenvalue weighted by molar-refractivity contribution is 9.10. The topological polar surface area (TPSA) is 57.7 Å². The fourth-order valence-electron chi connectivity index (χ4n) is 2.41. The summed E-state index contributed by atoms with van der Waals surface area (Å²) in [5.41, 5.74) is 0.393. The second-order valence-corrected chi connectivity index (χ2v) is 9.46. The Labute approximate surface area is 171 Å². The van der Waals surface area contributed by atoms with E-state index in [1.54, 1.807) is 19.1 Å². The molecule has 2 rings (SSSR count). The Bertz CT molecular complexity index is 967. The molecule has 0 atom stereocenters. The third kappa shape index (κ3) is 4.87. The van der Waals surface area contributed by atoms with Gasteiger partial charge in [-0.15, -0.1) is 0 Å². The average Bonchev–Trinajstić information content (AvgIpc) is 2.61. The largest absolute Gasteiger partial charge is 0.334 e. The fraction of sp³-hybridized carbons (Fsp3) is 0.278. The Hall–Kier alpha value is -1.48. The van der Waals surface area contributed by atoms with Crippen LogP contribution in [0.25, 0.3) is 0 Å². The molecule has 0 aliphatic carbocycles. The molecule has 0 saturated carbocycles. The van der Waals surface area contributed by atoms with E-state index >= 15 is 0 Å². The molecular formula is C18H19BrClFN2O3S. The van der Waals surface area contributed by atoms with E-state index in [0.717, 1.165) is 4.31 Å². The molecule has 0 aliphatic heterocycles. The Balaban J connectivity index is 2.41. The van der Waals surface area contributed by atoms with Gasteiger partial charge in [-0.1, -0.05) is 27.5 Å². The Morgan fingerprint density at radius 1 is 1.19 bits per heavy atom. The minimum Gasteiger partial charge on any atom is -0.334 e. The van der Waals surface area contributed by atoms with Crippen molar-refractivity contribution in [1.29, 1.82) is 0 Å². The van der Waals surface area contributed by atoms with Gasteiger partial charge in [0.2, 0.25) is 10.0 Å². The van der Waals surface area contributed by atoms with Crippen molar-refractivity contribution in [2.24, 2.45) is 0 Å². The molecule has 0 radical (unpaired) electrons.